The fourth-order valence-electron chi connectivity index (χ4n) is 1.84. The molecule has 0 fully saturated rings. The molecule has 0 spiro atoms. The van der Waals surface area contributed by atoms with Gasteiger partial charge in [0.25, 0.3) is 0 Å². The van der Waals surface area contributed by atoms with Gasteiger partial charge in [0.15, 0.2) is 0 Å². The topological polar surface area (TPSA) is 20.2 Å². The van der Waals surface area contributed by atoms with Gasteiger partial charge >= 0.3 is 0 Å². The Balaban J connectivity index is 2.23. The minimum Gasteiger partial charge on any atom is -0.392 e. The molecule has 0 unspecified atom stereocenters. The zero-order valence-corrected chi connectivity index (χ0v) is 10.3. The highest BCUT2D eigenvalue weighted by molar-refractivity contribution is 6.18. The van der Waals surface area contributed by atoms with Crippen LogP contribution in [0.5, 0.6) is 0 Å². The third-order valence-electron chi connectivity index (χ3n) is 2.68. The number of hydrogen-bond acceptors (Lipinski definition) is 1. The summed E-state index contributed by atoms with van der Waals surface area (Å²) in [6, 6.07) is 18.4. The molecule has 2 aromatic carbocycles. The molecule has 0 aromatic heterocycles. The normalized spacial score (nSPS) is 12.4. The van der Waals surface area contributed by atoms with Gasteiger partial charge in [-0.3, -0.25) is 0 Å². The number of aliphatic hydroxyl groups is 1. The smallest absolute Gasteiger partial charge is 0.0715 e. The molecule has 0 radical (unpaired) electrons. The highest BCUT2D eigenvalue weighted by Gasteiger charge is 2.04. The maximum atomic E-state index is 9.54. The predicted octanol–water partition coefficient (Wildman–Crippen LogP) is 3.50. The molecular weight excluding hydrogens is 232 g/mol. The van der Waals surface area contributed by atoms with Crippen molar-refractivity contribution in [3.63, 3.8) is 0 Å². The number of alkyl halides is 1. The van der Waals surface area contributed by atoms with E-state index in [2.05, 4.69) is 24.3 Å². The lowest BCUT2D eigenvalue weighted by Gasteiger charge is -2.08. The molecule has 0 aliphatic heterocycles. The Labute approximate surface area is 107 Å². The van der Waals surface area contributed by atoms with Gasteiger partial charge in [0.2, 0.25) is 0 Å². The van der Waals surface area contributed by atoms with Crippen LogP contribution >= 0.6 is 11.6 Å². The van der Waals surface area contributed by atoms with E-state index in [-0.39, 0.29) is 5.88 Å². The van der Waals surface area contributed by atoms with Gasteiger partial charge in [-0.15, -0.1) is 11.6 Å². The Morgan fingerprint density at radius 3 is 2.35 bits per heavy atom. The molecule has 88 valence electrons. The van der Waals surface area contributed by atoms with Gasteiger partial charge in [-0.2, -0.15) is 0 Å². The van der Waals surface area contributed by atoms with E-state index in [4.69, 9.17) is 11.6 Å². The third kappa shape index (κ3) is 3.32. The van der Waals surface area contributed by atoms with Crippen molar-refractivity contribution in [2.75, 3.05) is 5.88 Å². The molecule has 0 amide bonds. The number of benzene rings is 2. The number of hydrogen-bond donors (Lipinski definition) is 1. The summed E-state index contributed by atoms with van der Waals surface area (Å²) in [7, 11) is 0. The van der Waals surface area contributed by atoms with Crippen LogP contribution in [0.4, 0.5) is 0 Å². The van der Waals surface area contributed by atoms with Crippen LogP contribution in [0.2, 0.25) is 0 Å². The Morgan fingerprint density at radius 1 is 0.941 bits per heavy atom. The van der Waals surface area contributed by atoms with E-state index in [1.807, 2.05) is 30.3 Å². The van der Waals surface area contributed by atoms with Gasteiger partial charge in [-0.1, -0.05) is 54.6 Å². The lowest BCUT2D eigenvalue weighted by Crippen LogP contribution is -2.11. The van der Waals surface area contributed by atoms with E-state index in [1.54, 1.807) is 0 Å². The first-order valence-corrected chi connectivity index (χ1v) is 6.21. The zero-order chi connectivity index (χ0) is 12.1. The maximum absolute atomic E-state index is 9.54. The summed E-state index contributed by atoms with van der Waals surface area (Å²) < 4.78 is 0. The average molecular weight is 247 g/mol. The van der Waals surface area contributed by atoms with Crippen molar-refractivity contribution in [1.29, 1.82) is 0 Å². The van der Waals surface area contributed by atoms with E-state index < -0.39 is 6.10 Å². The minimum atomic E-state index is -0.470. The molecule has 0 bridgehead atoms. The van der Waals surface area contributed by atoms with Crippen LogP contribution in [-0.2, 0) is 6.42 Å². The van der Waals surface area contributed by atoms with Crippen LogP contribution in [0.15, 0.2) is 54.6 Å². The standard InChI is InChI=1S/C15H15ClO/c16-11-15(17)10-12-5-4-8-14(9-12)13-6-2-1-3-7-13/h1-9,15,17H,10-11H2/t15-/m0/s1. The lowest BCUT2D eigenvalue weighted by molar-refractivity contribution is 0.199. The summed E-state index contributed by atoms with van der Waals surface area (Å²) in [5, 5.41) is 9.54. The van der Waals surface area contributed by atoms with Crippen LogP contribution < -0.4 is 0 Å². The summed E-state index contributed by atoms with van der Waals surface area (Å²) >= 11 is 5.61. The number of rotatable bonds is 4. The molecule has 2 rings (SSSR count). The highest BCUT2D eigenvalue weighted by Crippen LogP contribution is 2.20. The first kappa shape index (κ1) is 12.2. The largest absolute Gasteiger partial charge is 0.392 e. The molecule has 0 aliphatic rings. The van der Waals surface area contributed by atoms with E-state index >= 15 is 0 Å². The van der Waals surface area contributed by atoms with E-state index in [9.17, 15) is 5.11 Å². The van der Waals surface area contributed by atoms with Gasteiger partial charge in [-0.25, -0.2) is 0 Å². The van der Waals surface area contributed by atoms with Gasteiger partial charge < -0.3 is 5.11 Å². The maximum Gasteiger partial charge on any atom is 0.0715 e. The second-order valence-corrected chi connectivity index (χ2v) is 4.39. The molecule has 1 nitrogen and oxygen atoms in total. The van der Waals surface area contributed by atoms with Crippen molar-refractivity contribution in [3.05, 3.63) is 60.2 Å². The second kappa shape index (κ2) is 5.85. The highest BCUT2D eigenvalue weighted by atomic mass is 35.5. The van der Waals surface area contributed by atoms with Gasteiger partial charge in [0.05, 0.1) is 6.10 Å². The van der Waals surface area contributed by atoms with Crippen molar-refractivity contribution in [2.24, 2.45) is 0 Å². The van der Waals surface area contributed by atoms with Crippen LogP contribution in [0.3, 0.4) is 0 Å². The summed E-state index contributed by atoms with van der Waals surface area (Å²) in [5.74, 6) is 0.273. The SMILES string of the molecule is O[C@H](CCl)Cc1cccc(-c2ccccc2)c1. The fraction of sp³-hybridized carbons (Fsp3) is 0.200. The van der Waals surface area contributed by atoms with Crippen LogP contribution in [-0.4, -0.2) is 17.1 Å². The van der Waals surface area contributed by atoms with Gasteiger partial charge in [0.1, 0.15) is 0 Å². The molecule has 2 heteroatoms. The Hall–Kier alpha value is -1.31. The quantitative estimate of drug-likeness (QED) is 0.819. The monoisotopic (exact) mass is 246 g/mol. The molecule has 1 atom stereocenters. The van der Waals surface area contributed by atoms with Crippen molar-refractivity contribution in [2.45, 2.75) is 12.5 Å². The molecule has 0 heterocycles. The summed E-state index contributed by atoms with van der Waals surface area (Å²) in [6.07, 6.45) is 0.132. The van der Waals surface area contributed by atoms with Gasteiger partial charge in [-0.05, 0) is 23.1 Å². The first-order chi connectivity index (χ1) is 8.29. The Kier molecular flexibility index (Phi) is 4.18. The number of halogens is 1. The molecule has 0 saturated heterocycles. The predicted molar refractivity (Wildman–Crippen MR) is 72.3 cm³/mol. The zero-order valence-electron chi connectivity index (χ0n) is 9.51. The average Bonchev–Trinajstić information content (AvgIpc) is 2.40. The van der Waals surface area contributed by atoms with E-state index in [1.165, 1.54) is 11.1 Å². The van der Waals surface area contributed by atoms with E-state index in [0.717, 1.165) is 5.56 Å². The number of aliphatic hydroxyl groups excluding tert-OH is 1. The van der Waals surface area contributed by atoms with Crippen molar-refractivity contribution in [1.82, 2.24) is 0 Å². The molecule has 0 aliphatic carbocycles. The summed E-state index contributed by atoms with van der Waals surface area (Å²) in [5.41, 5.74) is 3.47. The van der Waals surface area contributed by atoms with Crippen LogP contribution in [0.25, 0.3) is 11.1 Å². The van der Waals surface area contributed by atoms with Gasteiger partial charge in [0, 0.05) is 5.88 Å². The van der Waals surface area contributed by atoms with Crippen LogP contribution in [0.1, 0.15) is 5.56 Å². The Bertz CT molecular complexity index is 467. The molecule has 0 saturated carbocycles. The third-order valence-corrected chi connectivity index (χ3v) is 3.04. The van der Waals surface area contributed by atoms with Crippen molar-refractivity contribution in [3.8, 4) is 11.1 Å². The first-order valence-electron chi connectivity index (χ1n) is 5.68. The van der Waals surface area contributed by atoms with Crippen molar-refractivity contribution < 1.29 is 5.11 Å². The molecule has 2 aromatic rings. The minimum absolute atomic E-state index is 0.273. The summed E-state index contributed by atoms with van der Waals surface area (Å²) in [4.78, 5) is 0. The van der Waals surface area contributed by atoms with Crippen molar-refractivity contribution >= 4 is 11.6 Å². The molecule has 1 N–H and O–H groups in total. The van der Waals surface area contributed by atoms with E-state index in [0.29, 0.717) is 6.42 Å². The fourth-order valence-corrected chi connectivity index (χ4v) is 1.94. The molecular formula is C15H15ClO. The Morgan fingerprint density at radius 2 is 1.65 bits per heavy atom. The second-order valence-electron chi connectivity index (χ2n) is 4.08. The van der Waals surface area contributed by atoms with Crippen LogP contribution in [0, 0.1) is 0 Å². The summed E-state index contributed by atoms with van der Waals surface area (Å²) in [6.45, 7) is 0. The lowest BCUT2D eigenvalue weighted by atomic mass is 10.0. The molecule has 17 heavy (non-hydrogen) atoms.